The summed E-state index contributed by atoms with van der Waals surface area (Å²) in [5.74, 6) is 0.916. The number of methoxy groups -OCH3 is 1. The average molecular weight is 654 g/mol. The number of hydrazone groups is 1. The summed E-state index contributed by atoms with van der Waals surface area (Å²) in [7, 11) is 1.28. The van der Waals surface area contributed by atoms with E-state index in [-0.39, 0.29) is 12.2 Å². The van der Waals surface area contributed by atoms with E-state index in [2.05, 4.69) is 37.1 Å². The van der Waals surface area contributed by atoms with E-state index in [0.29, 0.717) is 36.0 Å². The van der Waals surface area contributed by atoms with Gasteiger partial charge in [-0.25, -0.2) is 9.59 Å². The van der Waals surface area contributed by atoms with E-state index < -0.39 is 24.3 Å². The van der Waals surface area contributed by atoms with Crippen LogP contribution in [0.4, 0.5) is 4.79 Å². The number of hydrogen-bond donors (Lipinski definition) is 4. The molecular weight excluding hydrogens is 620 g/mol. The molecule has 0 radical (unpaired) electrons. The van der Waals surface area contributed by atoms with Crippen molar-refractivity contribution >= 4 is 34.1 Å². The highest BCUT2D eigenvalue weighted by molar-refractivity contribution is 9.10. The number of aliphatic hydroxyl groups excluding tert-OH is 1. The minimum absolute atomic E-state index is 0.129. The van der Waals surface area contributed by atoms with E-state index in [0.717, 1.165) is 21.3 Å². The normalized spacial score (nSPS) is 15.4. The number of halogens is 1. The molecule has 43 heavy (non-hydrogen) atoms. The molecular formula is C31H33BrN4O7. The molecule has 12 heteroatoms. The Morgan fingerprint density at radius 3 is 2.51 bits per heavy atom. The Morgan fingerprint density at radius 1 is 1.07 bits per heavy atom. The number of carbonyl (C=O) groups excluding carboxylic acids is 2. The van der Waals surface area contributed by atoms with Crippen molar-refractivity contribution in [2.75, 3.05) is 20.3 Å². The Kier molecular flexibility index (Phi) is 11.0. The van der Waals surface area contributed by atoms with E-state index >= 15 is 0 Å². The van der Waals surface area contributed by atoms with Crippen LogP contribution in [-0.2, 0) is 16.1 Å². The summed E-state index contributed by atoms with van der Waals surface area (Å²) in [6.07, 6.45) is 0.461. The Bertz CT molecular complexity index is 1480. The van der Waals surface area contributed by atoms with Crippen LogP contribution >= 0.6 is 15.9 Å². The Hall–Kier alpha value is -4.55. The van der Waals surface area contributed by atoms with Crippen LogP contribution in [0.15, 0.2) is 87.6 Å². The first-order chi connectivity index (χ1) is 20.8. The van der Waals surface area contributed by atoms with E-state index in [4.69, 9.17) is 18.9 Å². The molecule has 3 aromatic carbocycles. The molecule has 0 saturated heterocycles. The molecule has 0 bridgehead atoms. The molecule has 3 aromatic rings. The number of nitrogens with zero attached hydrogens (tertiary/aromatic N) is 1. The van der Waals surface area contributed by atoms with E-state index in [1.165, 1.54) is 7.11 Å². The van der Waals surface area contributed by atoms with Crippen molar-refractivity contribution in [3.8, 4) is 17.2 Å². The minimum Gasteiger partial charge on any atom is -0.490 e. The van der Waals surface area contributed by atoms with Gasteiger partial charge in [-0.05, 0) is 79.1 Å². The number of amides is 2. The van der Waals surface area contributed by atoms with E-state index in [1.54, 1.807) is 31.3 Å². The maximum atomic E-state index is 12.4. The van der Waals surface area contributed by atoms with Gasteiger partial charge in [-0.3, -0.25) is 5.43 Å². The first-order valence-corrected chi connectivity index (χ1v) is 14.3. The van der Waals surface area contributed by atoms with Crippen molar-refractivity contribution in [1.82, 2.24) is 16.1 Å². The maximum Gasteiger partial charge on any atom is 0.337 e. The number of rotatable bonds is 13. The molecule has 1 aliphatic rings. The number of hydrogen-bond acceptors (Lipinski definition) is 9. The van der Waals surface area contributed by atoms with Crippen molar-refractivity contribution < 1.29 is 33.6 Å². The fourth-order valence-corrected chi connectivity index (χ4v) is 4.48. The molecule has 4 N–H and O–H groups in total. The molecule has 4 rings (SSSR count). The third-order valence-electron chi connectivity index (χ3n) is 6.31. The largest absolute Gasteiger partial charge is 0.490 e. The molecule has 0 spiro atoms. The van der Waals surface area contributed by atoms with E-state index in [1.807, 2.05) is 55.5 Å². The van der Waals surface area contributed by atoms with Gasteiger partial charge in [0.25, 0.3) is 0 Å². The number of carbonyl (C=O) groups is 2. The van der Waals surface area contributed by atoms with Gasteiger partial charge < -0.3 is 34.7 Å². The molecule has 11 nitrogen and oxygen atoms in total. The lowest BCUT2D eigenvalue weighted by Crippen LogP contribution is -2.45. The third kappa shape index (κ3) is 8.72. The Labute approximate surface area is 258 Å². The lowest BCUT2D eigenvalue weighted by atomic mass is 9.95. The number of nitrogens with one attached hydrogen (secondary N) is 3. The van der Waals surface area contributed by atoms with Crippen molar-refractivity contribution in [1.29, 1.82) is 0 Å². The first kappa shape index (κ1) is 31.4. The standard InChI is InChI=1S/C31H33BrN4O7/c1-4-41-26-15-22(29-28(30(38)40-3)19(2)34-31(39)35-29)9-14-25(26)43-18-27(37)36-33-16-20-7-12-24(13-8-20)42-17-21-5-10-23(32)11-6-21/h5-16,27,29,36-37H,4,17-18H2,1-3H3,(H2,34,35,39)/b33-16-/t27-,29-/m0/s1. The Balaban J connectivity index is 1.32. The summed E-state index contributed by atoms with van der Waals surface area (Å²) in [5.41, 5.74) is 5.77. The highest BCUT2D eigenvalue weighted by Gasteiger charge is 2.32. The van der Waals surface area contributed by atoms with Crippen LogP contribution in [-0.4, -0.2) is 49.9 Å². The number of benzene rings is 3. The van der Waals surface area contributed by atoms with Gasteiger partial charge in [0.15, 0.2) is 17.7 Å². The van der Waals surface area contributed by atoms with Gasteiger partial charge in [0.05, 0.1) is 31.5 Å². The Morgan fingerprint density at radius 2 is 1.81 bits per heavy atom. The zero-order valence-electron chi connectivity index (χ0n) is 23.9. The molecule has 1 heterocycles. The van der Waals surface area contributed by atoms with Gasteiger partial charge in [0.1, 0.15) is 19.0 Å². The van der Waals surface area contributed by atoms with Crippen molar-refractivity contribution in [2.24, 2.45) is 5.10 Å². The molecule has 0 saturated carbocycles. The smallest absolute Gasteiger partial charge is 0.337 e. The first-order valence-electron chi connectivity index (χ1n) is 13.5. The highest BCUT2D eigenvalue weighted by atomic mass is 79.9. The summed E-state index contributed by atoms with van der Waals surface area (Å²) in [6.45, 7) is 4.12. The zero-order chi connectivity index (χ0) is 30.8. The number of esters is 1. The summed E-state index contributed by atoms with van der Waals surface area (Å²) >= 11 is 3.42. The van der Waals surface area contributed by atoms with E-state index in [9.17, 15) is 14.7 Å². The average Bonchev–Trinajstić information content (AvgIpc) is 3.00. The molecule has 0 unspecified atom stereocenters. The van der Waals surface area contributed by atoms with Gasteiger partial charge in [-0.2, -0.15) is 5.10 Å². The summed E-state index contributed by atoms with van der Waals surface area (Å²) in [4.78, 5) is 24.5. The fourth-order valence-electron chi connectivity index (χ4n) is 4.22. The second-order valence-corrected chi connectivity index (χ2v) is 10.3. The van der Waals surface area contributed by atoms with Crippen LogP contribution < -0.4 is 30.3 Å². The molecule has 0 aliphatic carbocycles. The van der Waals surface area contributed by atoms with Crippen molar-refractivity contribution in [3.63, 3.8) is 0 Å². The second kappa shape index (κ2) is 15.1. The molecule has 0 aromatic heterocycles. The predicted molar refractivity (Wildman–Crippen MR) is 164 cm³/mol. The predicted octanol–water partition coefficient (Wildman–Crippen LogP) is 4.55. The number of urea groups is 1. The topological polar surface area (TPSA) is 140 Å². The highest BCUT2D eigenvalue weighted by Crippen LogP contribution is 2.35. The molecule has 1 aliphatic heterocycles. The summed E-state index contributed by atoms with van der Waals surface area (Å²) in [6, 6.07) is 19.2. The third-order valence-corrected chi connectivity index (χ3v) is 6.84. The van der Waals surface area contributed by atoms with Crippen LogP contribution in [0.3, 0.4) is 0 Å². The molecule has 2 amide bonds. The quantitative estimate of drug-likeness (QED) is 0.0913. The SMILES string of the molecule is CCOc1cc([C@@H]2NC(=O)NC(C)=C2C(=O)OC)ccc1OC[C@H](O)N/N=C\c1ccc(OCc2ccc(Br)cc2)cc1. The zero-order valence-corrected chi connectivity index (χ0v) is 25.5. The lowest BCUT2D eigenvalue weighted by molar-refractivity contribution is -0.136. The maximum absolute atomic E-state index is 12.4. The summed E-state index contributed by atoms with van der Waals surface area (Å²) in [5, 5.41) is 19.8. The van der Waals surface area contributed by atoms with Crippen molar-refractivity contribution in [3.05, 3.63) is 99.2 Å². The number of ether oxygens (including phenoxy) is 4. The van der Waals surface area contributed by atoms with Crippen LogP contribution in [0.5, 0.6) is 17.2 Å². The van der Waals surface area contributed by atoms with Gasteiger partial charge in [-0.1, -0.05) is 34.1 Å². The molecule has 0 fully saturated rings. The van der Waals surface area contributed by atoms with Crippen molar-refractivity contribution in [2.45, 2.75) is 32.7 Å². The van der Waals surface area contributed by atoms with Crippen LogP contribution in [0, 0.1) is 0 Å². The van der Waals surface area contributed by atoms with Gasteiger partial charge in [0, 0.05) is 10.2 Å². The van der Waals surface area contributed by atoms with Gasteiger partial charge in [0.2, 0.25) is 0 Å². The van der Waals surface area contributed by atoms with Crippen LogP contribution in [0.2, 0.25) is 0 Å². The summed E-state index contributed by atoms with van der Waals surface area (Å²) < 4.78 is 23.3. The molecule has 2 atom stereocenters. The van der Waals surface area contributed by atoms with Gasteiger partial charge >= 0.3 is 12.0 Å². The fraction of sp³-hybridized carbons (Fsp3) is 0.258. The minimum atomic E-state index is -1.11. The van der Waals surface area contributed by atoms with Gasteiger partial charge in [-0.15, -0.1) is 0 Å². The lowest BCUT2D eigenvalue weighted by Gasteiger charge is -2.28. The number of allylic oxidation sites excluding steroid dienone is 1. The molecule has 226 valence electrons. The van der Waals surface area contributed by atoms with Crippen LogP contribution in [0.1, 0.15) is 36.6 Å². The second-order valence-electron chi connectivity index (χ2n) is 9.40. The van der Waals surface area contributed by atoms with Crippen LogP contribution in [0.25, 0.3) is 0 Å². The monoisotopic (exact) mass is 652 g/mol. The number of aliphatic hydroxyl groups is 1.